The van der Waals surface area contributed by atoms with E-state index in [0.717, 1.165) is 0 Å². The number of nitrogens with two attached hydrogens (primary N) is 1. The Labute approximate surface area is 183 Å². The summed E-state index contributed by atoms with van der Waals surface area (Å²) in [4.78, 5) is 54.9. The number of imidazole rings is 1. The smallest absolute Gasteiger partial charge is 0.326 e. The molecule has 12 nitrogen and oxygen atoms in total. The van der Waals surface area contributed by atoms with Crippen molar-refractivity contribution in [3.05, 3.63) is 48.0 Å². The predicted octanol–water partition coefficient (Wildman–Crippen LogP) is -1.58. The van der Waals surface area contributed by atoms with E-state index < -0.39 is 48.4 Å². The molecule has 0 aliphatic carbocycles. The van der Waals surface area contributed by atoms with Crippen LogP contribution in [0.5, 0.6) is 5.75 Å². The van der Waals surface area contributed by atoms with Crippen molar-refractivity contribution in [1.82, 2.24) is 25.9 Å². The highest BCUT2D eigenvalue weighted by Crippen LogP contribution is 2.11. The summed E-state index contributed by atoms with van der Waals surface area (Å²) in [7, 11) is 0. The standard InChI is InChI=1S/C20H26N6O6/c1-11(21)18(29)26-15(7-13-8-22-10-24-13)19(30)23-9-17(28)25-16(20(31)32)6-12-2-4-14(27)5-3-12/h2-5,8,10-11,15-16,27H,6-7,9,21H2,1H3,(H,22,24)(H,23,30)(H,25,28)(H,26,29)(H,31,32). The zero-order chi connectivity index (χ0) is 23.7. The maximum absolute atomic E-state index is 12.6. The second kappa shape index (κ2) is 11.5. The molecular weight excluding hydrogens is 420 g/mol. The summed E-state index contributed by atoms with van der Waals surface area (Å²) in [6.45, 7) is 0.972. The van der Waals surface area contributed by atoms with Gasteiger partial charge in [0.15, 0.2) is 0 Å². The molecule has 3 atom stereocenters. The number of hydrogen-bond donors (Lipinski definition) is 7. The maximum atomic E-state index is 12.6. The third-order valence-corrected chi connectivity index (χ3v) is 4.46. The highest BCUT2D eigenvalue weighted by molar-refractivity contribution is 5.92. The van der Waals surface area contributed by atoms with Crippen molar-refractivity contribution in [3.8, 4) is 5.75 Å². The number of phenolic OH excluding ortho intramolecular Hbond substituents is 1. The number of rotatable bonds is 11. The summed E-state index contributed by atoms with van der Waals surface area (Å²) < 4.78 is 0. The minimum atomic E-state index is -1.25. The maximum Gasteiger partial charge on any atom is 0.326 e. The van der Waals surface area contributed by atoms with Crippen molar-refractivity contribution in [2.45, 2.75) is 37.9 Å². The molecule has 0 aliphatic rings. The predicted molar refractivity (Wildman–Crippen MR) is 112 cm³/mol. The number of phenols is 1. The van der Waals surface area contributed by atoms with Gasteiger partial charge >= 0.3 is 5.97 Å². The molecule has 0 spiro atoms. The molecule has 2 rings (SSSR count). The van der Waals surface area contributed by atoms with Crippen LogP contribution in [-0.2, 0) is 32.0 Å². The molecule has 0 fully saturated rings. The number of aromatic nitrogens is 2. The number of nitrogens with one attached hydrogen (secondary N) is 4. The van der Waals surface area contributed by atoms with E-state index in [1.54, 1.807) is 12.1 Å². The second-order valence-electron chi connectivity index (χ2n) is 7.18. The van der Waals surface area contributed by atoms with E-state index in [0.29, 0.717) is 11.3 Å². The second-order valence-corrected chi connectivity index (χ2v) is 7.18. The van der Waals surface area contributed by atoms with Crippen molar-refractivity contribution in [2.75, 3.05) is 6.54 Å². The van der Waals surface area contributed by atoms with Gasteiger partial charge in [0.25, 0.3) is 0 Å². The first-order valence-corrected chi connectivity index (χ1v) is 9.76. The normalized spacial score (nSPS) is 13.4. The van der Waals surface area contributed by atoms with Crippen LogP contribution in [0.3, 0.4) is 0 Å². The molecule has 172 valence electrons. The zero-order valence-corrected chi connectivity index (χ0v) is 17.4. The Kier molecular flexibility index (Phi) is 8.72. The summed E-state index contributed by atoms with van der Waals surface area (Å²) >= 11 is 0. The van der Waals surface area contributed by atoms with Gasteiger partial charge in [-0.3, -0.25) is 14.4 Å². The number of carbonyl (C=O) groups is 4. The molecule has 32 heavy (non-hydrogen) atoms. The van der Waals surface area contributed by atoms with E-state index in [9.17, 15) is 29.4 Å². The molecule has 12 heteroatoms. The summed E-state index contributed by atoms with van der Waals surface area (Å²) in [6.07, 6.45) is 2.99. The SMILES string of the molecule is CC(N)C(=O)NC(Cc1cnc[nH]1)C(=O)NCC(=O)NC(Cc1ccc(O)cc1)C(=O)O. The van der Waals surface area contributed by atoms with Crippen LogP contribution in [0.1, 0.15) is 18.2 Å². The van der Waals surface area contributed by atoms with Crippen LogP contribution in [0.15, 0.2) is 36.8 Å². The van der Waals surface area contributed by atoms with Gasteiger partial charge in [-0.2, -0.15) is 0 Å². The molecule has 8 N–H and O–H groups in total. The fraction of sp³-hybridized carbons (Fsp3) is 0.350. The van der Waals surface area contributed by atoms with Gasteiger partial charge in [0.1, 0.15) is 17.8 Å². The van der Waals surface area contributed by atoms with Crippen molar-refractivity contribution < 1.29 is 29.4 Å². The molecule has 3 unspecified atom stereocenters. The summed E-state index contributed by atoms with van der Waals surface area (Å²) in [5.41, 5.74) is 6.72. The Morgan fingerprint density at radius 3 is 2.31 bits per heavy atom. The molecule has 3 amide bonds. The molecule has 0 radical (unpaired) electrons. The lowest BCUT2D eigenvalue weighted by atomic mass is 10.1. The lowest BCUT2D eigenvalue weighted by Gasteiger charge is -2.19. The molecule has 0 saturated heterocycles. The topological polar surface area (TPSA) is 200 Å². The van der Waals surface area contributed by atoms with E-state index in [4.69, 9.17) is 5.73 Å². The van der Waals surface area contributed by atoms with Crippen LogP contribution < -0.4 is 21.7 Å². The minimum Gasteiger partial charge on any atom is -0.508 e. The third kappa shape index (κ3) is 7.72. The van der Waals surface area contributed by atoms with E-state index in [1.807, 2.05) is 0 Å². The number of carboxylic acids is 1. The Morgan fingerprint density at radius 2 is 1.75 bits per heavy atom. The number of aromatic hydroxyl groups is 1. The number of H-pyrrole nitrogens is 1. The fourth-order valence-corrected chi connectivity index (χ4v) is 2.73. The molecule has 1 heterocycles. The van der Waals surface area contributed by atoms with E-state index in [-0.39, 0.29) is 18.6 Å². The largest absolute Gasteiger partial charge is 0.508 e. The summed E-state index contributed by atoms with van der Waals surface area (Å²) in [6, 6.07) is 2.81. The van der Waals surface area contributed by atoms with E-state index in [2.05, 4.69) is 25.9 Å². The lowest BCUT2D eigenvalue weighted by Crippen LogP contribution is -2.54. The number of aromatic amines is 1. The minimum absolute atomic E-state index is 0.0117. The van der Waals surface area contributed by atoms with Crippen molar-refractivity contribution in [2.24, 2.45) is 5.73 Å². The molecule has 1 aromatic heterocycles. The lowest BCUT2D eigenvalue weighted by molar-refractivity contribution is -0.141. The van der Waals surface area contributed by atoms with Crippen LogP contribution in [0, 0.1) is 0 Å². The van der Waals surface area contributed by atoms with E-state index >= 15 is 0 Å². The summed E-state index contributed by atoms with van der Waals surface area (Å²) in [5, 5.41) is 25.9. The fourth-order valence-electron chi connectivity index (χ4n) is 2.73. The molecule has 0 aliphatic heterocycles. The average molecular weight is 446 g/mol. The first kappa shape index (κ1) is 24.3. The first-order valence-electron chi connectivity index (χ1n) is 9.76. The number of aliphatic carboxylic acids is 1. The van der Waals surface area contributed by atoms with Crippen LogP contribution in [0.25, 0.3) is 0 Å². The van der Waals surface area contributed by atoms with Gasteiger partial charge in [-0.05, 0) is 24.6 Å². The van der Waals surface area contributed by atoms with E-state index in [1.165, 1.54) is 31.6 Å². The Bertz CT molecular complexity index is 929. The quantitative estimate of drug-likeness (QED) is 0.214. The highest BCUT2D eigenvalue weighted by Gasteiger charge is 2.25. The van der Waals surface area contributed by atoms with Gasteiger partial charge in [-0.1, -0.05) is 12.1 Å². The molecule has 0 bridgehead atoms. The van der Waals surface area contributed by atoms with Crippen LogP contribution in [0.2, 0.25) is 0 Å². The number of carbonyl (C=O) groups excluding carboxylic acids is 3. The van der Waals surface area contributed by atoms with Gasteiger partial charge < -0.3 is 36.9 Å². The van der Waals surface area contributed by atoms with Crippen molar-refractivity contribution in [3.63, 3.8) is 0 Å². The Balaban J connectivity index is 1.94. The van der Waals surface area contributed by atoms with Crippen LogP contribution >= 0.6 is 0 Å². The molecule has 2 aromatic rings. The zero-order valence-electron chi connectivity index (χ0n) is 17.4. The van der Waals surface area contributed by atoms with Crippen LogP contribution in [0.4, 0.5) is 0 Å². The Morgan fingerprint density at radius 1 is 1.06 bits per heavy atom. The van der Waals surface area contributed by atoms with Crippen LogP contribution in [-0.4, -0.2) is 68.5 Å². The van der Waals surface area contributed by atoms with Gasteiger partial charge in [0, 0.05) is 24.7 Å². The van der Waals surface area contributed by atoms with Gasteiger partial charge in [0.2, 0.25) is 17.7 Å². The average Bonchev–Trinajstić information content (AvgIpc) is 3.25. The van der Waals surface area contributed by atoms with Crippen molar-refractivity contribution >= 4 is 23.7 Å². The number of nitrogens with zero attached hydrogens (tertiary/aromatic N) is 1. The third-order valence-electron chi connectivity index (χ3n) is 4.46. The number of benzene rings is 1. The molecular formula is C20H26N6O6. The van der Waals surface area contributed by atoms with Gasteiger partial charge in [-0.25, -0.2) is 9.78 Å². The highest BCUT2D eigenvalue weighted by atomic mass is 16.4. The van der Waals surface area contributed by atoms with Crippen molar-refractivity contribution in [1.29, 1.82) is 0 Å². The summed E-state index contributed by atoms with van der Waals surface area (Å²) in [5.74, 6) is -3.13. The molecule has 0 saturated carbocycles. The monoisotopic (exact) mass is 446 g/mol. The van der Waals surface area contributed by atoms with Gasteiger partial charge in [-0.15, -0.1) is 0 Å². The first-order chi connectivity index (χ1) is 15.2. The number of hydrogen-bond acceptors (Lipinski definition) is 7. The number of carboxylic acid groups (broad SMARTS) is 1. The Hall–Kier alpha value is -3.93. The molecule has 1 aromatic carbocycles. The number of amides is 3. The van der Waals surface area contributed by atoms with Gasteiger partial charge in [0.05, 0.1) is 18.9 Å².